The number of hydrogen-bond acceptors (Lipinski definition) is 7. The van der Waals surface area contributed by atoms with E-state index in [1.165, 1.54) is 11.2 Å². The summed E-state index contributed by atoms with van der Waals surface area (Å²) in [6, 6.07) is 14.9. The van der Waals surface area contributed by atoms with Crippen molar-refractivity contribution < 1.29 is 33.9 Å². The number of nitrogens with zero attached hydrogens (tertiary/aromatic N) is 3. The quantitative estimate of drug-likeness (QED) is 0.212. The molecule has 3 atom stereocenters. The van der Waals surface area contributed by atoms with Crippen LogP contribution in [0.15, 0.2) is 65.8 Å². The number of hydrogen-bond donors (Lipinski definition) is 3. The lowest BCUT2D eigenvalue weighted by atomic mass is 10.0. The van der Waals surface area contributed by atoms with Gasteiger partial charge in [-0.3, -0.25) is 29.0 Å². The highest BCUT2D eigenvalue weighted by Gasteiger charge is 2.44. The topological polar surface area (TPSA) is 158 Å². The lowest BCUT2D eigenvalue weighted by molar-refractivity contribution is -0.176. The van der Waals surface area contributed by atoms with Gasteiger partial charge in [-0.05, 0) is 37.0 Å². The zero-order chi connectivity index (χ0) is 29.2. The smallest absolute Gasteiger partial charge is 0.305 e. The van der Waals surface area contributed by atoms with E-state index < -0.39 is 48.2 Å². The average Bonchev–Trinajstić information content (AvgIpc) is 3.09. The summed E-state index contributed by atoms with van der Waals surface area (Å²) in [5, 5.41) is 20.9. The van der Waals surface area contributed by atoms with Crippen LogP contribution >= 0.6 is 0 Å². The maximum atomic E-state index is 13.6. The molecule has 0 aliphatic carbocycles. The van der Waals surface area contributed by atoms with Gasteiger partial charge in [0, 0.05) is 24.9 Å². The number of benzene rings is 2. The molecule has 0 radical (unpaired) electrons. The van der Waals surface area contributed by atoms with Crippen molar-refractivity contribution in [3.8, 4) is 0 Å². The Bertz CT molecular complexity index is 1270. The lowest BCUT2D eigenvalue weighted by Gasteiger charge is -2.43. The molecule has 0 aromatic heterocycles. The van der Waals surface area contributed by atoms with Gasteiger partial charge in [0.25, 0.3) is 11.8 Å². The van der Waals surface area contributed by atoms with Crippen LogP contribution in [0.25, 0.3) is 0 Å². The minimum Gasteiger partial charge on any atom is -0.481 e. The number of amides is 4. The van der Waals surface area contributed by atoms with E-state index in [9.17, 15) is 29.1 Å². The van der Waals surface area contributed by atoms with Crippen LogP contribution in [0.2, 0.25) is 0 Å². The minimum atomic E-state index is -1.17. The standard InChI is InChI=1S/C29H33N5O7/c35-25-14-13-23(32-27(38)21-10-5-2-6-11-21)29(40)34-24(12-7-16-33(25)34)28(39)31-22(18-26(36)37)19-30-41-17-15-20-8-3-1-4-9-20/h1-6,8-11,19,22-24H,7,12-18H2,(H,31,39)(H,32,38)(H,36,37)/b30-19+/t22-,23?,24-/m0/s1. The lowest BCUT2D eigenvalue weighted by Crippen LogP contribution is -2.64. The van der Waals surface area contributed by atoms with Gasteiger partial charge in [0.05, 0.1) is 18.7 Å². The summed E-state index contributed by atoms with van der Waals surface area (Å²) in [5.41, 5.74) is 1.41. The number of rotatable bonds is 11. The first kappa shape index (κ1) is 29.2. The average molecular weight is 564 g/mol. The molecule has 2 aliphatic heterocycles. The Hall–Kier alpha value is -4.74. The van der Waals surface area contributed by atoms with Crippen molar-refractivity contribution in [1.82, 2.24) is 20.7 Å². The largest absolute Gasteiger partial charge is 0.481 e. The molecule has 2 saturated heterocycles. The van der Waals surface area contributed by atoms with Crippen LogP contribution in [0.3, 0.4) is 0 Å². The van der Waals surface area contributed by atoms with Crippen LogP contribution in [0.4, 0.5) is 0 Å². The highest BCUT2D eigenvalue weighted by molar-refractivity contribution is 6.00. The Balaban J connectivity index is 1.43. The van der Waals surface area contributed by atoms with E-state index in [0.717, 1.165) is 10.6 Å². The molecule has 0 bridgehead atoms. The zero-order valence-electron chi connectivity index (χ0n) is 22.5. The van der Waals surface area contributed by atoms with Crippen molar-refractivity contribution in [3.05, 3.63) is 71.8 Å². The van der Waals surface area contributed by atoms with Crippen LogP contribution in [-0.2, 0) is 30.4 Å². The number of carboxylic acids is 1. The Kier molecular flexibility index (Phi) is 10.0. The van der Waals surface area contributed by atoms with Crippen LogP contribution < -0.4 is 10.6 Å². The van der Waals surface area contributed by atoms with E-state index in [1.54, 1.807) is 30.3 Å². The number of hydrazine groups is 1. The number of carbonyl (C=O) groups is 5. The van der Waals surface area contributed by atoms with Crippen molar-refractivity contribution in [1.29, 1.82) is 0 Å². The third kappa shape index (κ3) is 7.90. The molecule has 2 aromatic carbocycles. The molecular weight excluding hydrogens is 530 g/mol. The Labute approximate surface area is 237 Å². The highest BCUT2D eigenvalue weighted by Crippen LogP contribution is 2.25. The summed E-state index contributed by atoms with van der Waals surface area (Å²) in [7, 11) is 0. The summed E-state index contributed by atoms with van der Waals surface area (Å²) >= 11 is 0. The van der Waals surface area contributed by atoms with Gasteiger partial charge in [0.2, 0.25) is 11.8 Å². The van der Waals surface area contributed by atoms with Crippen LogP contribution in [0.1, 0.15) is 48.0 Å². The van der Waals surface area contributed by atoms with Crippen LogP contribution in [0.5, 0.6) is 0 Å². The maximum Gasteiger partial charge on any atom is 0.305 e. The highest BCUT2D eigenvalue weighted by atomic mass is 16.6. The predicted molar refractivity (Wildman–Crippen MR) is 147 cm³/mol. The fourth-order valence-electron chi connectivity index (χ4n) is 4.82. The fraction of sp³-hybridized carbons (Fsp3) is 0.379. The minimum absolute atomic E-state index is 0.0188. The van der Waals surface area contributed by atoms with Gasteiger partial charge in [-0.2, -0.15) is 0 Å². The summed E-state index contributed by atoms with van der Waals surface area (Å²) in [5.74, 6) is -3.17. The van der Waals surface area contributed by atoms with Crippen molar-refractivity contribution in [3.63, 3.8) is 0 Å². The fourth-order valence-corrected chi connectivity index (χ4v) is 4.82. The maximum absolute atomic E-state index is 13.6. The second-order valence-electron chi connectivity index (χ2n) is 9.82. The van der Waals surface area contributed by atoms with E-state index in [0.29, 0.717) is 18.4 Å². The molecular formula is C29H33N5O7. The molecule has 2 aromatic rings. The first-order chi connectivity index (χ1) is 19.8. The van der Waals surface area contributed by atoms with Gasteiger partial charge >= 0.3 is 5.97 Å². The molecule has 41 heavy (non-hydrogen) atoms. The zero-order valence-corrected chi connectivity index (χ0v) is 22.5. The molecule has 4 amide bonds. The third-order valence-electron chi connectivity index (χ3n) is 6.87. The van der Waals surface area contributed by atoms with Gasteiger partial charge in [-0.1, -0.05) is 53.7 Å². The van der Waals surface area contributed by atoms with E-state index >= 15 is 0 Å². The van der Waals surface area contributed by atoms with Gasteiger partial charge in [0.15, 0.2) is 0 Å². The number of aliphatic carboxylic acids is 1. The first-order valence-electron chi connectivity index (χ1n) is 13.5. The molecule has 0 spiro atoms. The summed E-state index contributed by atoms with van der Waals surface area (Å²) < 4.78 is 0. The monoisotopic (exact) mass is 563 g/mol. The number of oxime groups is 1. The summed E-state index contributed by atoms with van der Waals surface area (Å²) in [4.78, 5) is 69.4. The summed E-state index contributed by atoms with van der Waals surface area (Å²) in [6.45, 7) is 0.509. The first-order valence-corrected chi connectivity index (χ1v) is 13.5. The molecule has 0 saturated carbocycles. The normalized spacial score (nSPS) is 19.7. The van der Waals surface area contributed by atoms with Crippen molar-refractivity contribution in [2.75, 3.05) is 13.2 Å². The molecule has 12 nitrogen and oxygen atoms in total. The Morgan fingerprint density at radius 3 is 2.46 bits per heavy atom. The van der Waals surface area contributed by atoms with Crippen molar-refractivity contribution >= 4 is 35.8 Å². The Morgan fingerprint density at radius 1 is 1.05 bits per heavy atom. The van der Waals surface area contributed by atoms with Crippen LogP contribution in [-0.4, -0.2) is 82.2 Å². The van der Waals surface area contributed by atoms with Gasteiger partial charge in [-0.15, -0.1) is 0 Å². The Morgan fingerprint density at radius 2 is 1.76 bits per heavy atom. The van der Waals surface area contributed by atoms with E-state index in [-0.39, 0.29) is 38.3 Å². The molecule has 2 aliphatic rings. The van der Waals surface area contributed by atoms with Crippen LogP contribution in [0, 0.1) is 0 Å². The molecule has 1 unspecified atom stereocenters. The number of carboxylic acid groups (broad SMARTS) is 1. The predicted octanol–water partition coefficient (Wildman–Crippen LogP) is 1.52. The number of fused-ring (bicyclic) bond motifs is 1. The second kappa shape index (κ2) is 14.1. The van der Waals surface area contributed by atoms with Gasteiger partial charge in [-0.25, -0.2) is 5.01 Å². The summed E-state index contributed by atoms with van der Waals surface area (Å²) in [6.07, 6.45) is 2.17. The number of carbonyl (C=O) groups excluding carboxylic acids is 4. The number of nitrogens with one attached hydrogen (secondary N) is 2. The molecule has 4 rings (SSSR count). The van der Waals surface area contributed by atoms with E-state index in [4.69, 9.17) is 4.84 Å². The molecule has 3 N–H and O–H groups in total. The van der Waals surface area contributed by atoms with E-state index in [2.05, 4.69) is 15.8 Å². The van der Waals surface area contributed by atoms with E-state index in [1.807, 2.05) is 30.3 Å². The molecule has 12 heteroatoms. The third-order valence-corrected chi connectivity index (χ3v) is 6.87. The van der Waals surface area contributed by atoms with Gasteiger partial charge in [0.1, 0.15) is 18.7 Å². The van der Waals surface area contributed by atoms with Crippen molar-refractivity contribution in [2.24, 2.45) is 5.16 Å². The molecule has 2 fully saturated rings. The van der Waals surface area contributed by atoms with Gasteiger partial charge < -0.3 is 20.6 Å². The van der Waals surface area contributed by atoms with Crippen molar-refractivity contribution in [2.45, 2.75) is 56.7 Å². The SMILES string of the molecule is O=C(O)C[C@@H](/C=N/OCCc1ccccc1)NC(=O)[C@@H]1CCCN2C(=O)CCC(NC(=O)c3ccccc3)C(=O)N12. The molecule has 2 heterocycles. The molecule has 216 valence electrons. The second-order valence-corrected chi connectivity index (χ2v) is 9.82.